The Balaban J connectivity index is 1.81. The van der Waals surface area contributed by atoms with Crippen molar-refractivity contribution in [3.05, 3.63) is 59.3 Å². The fraction of sp³-hybridized carbons (Fsp3) is 0.304. The topological polar surface area (TPSA) is 67.8 Å². The summed E-state index contributed by atoms with van der Waals surface area (Å²) in [5, 5.41) is 12.9. The van der Waals surface area contributed by atoms with Gasteiger partial charge in [0.2, 0.25) is 0 Å². The summed E-state index contributed by atoms with van der Waals surface area (Å²) < 4.78 is 37.1. The molecular formula is C23H23F2N5O. The van der Waals surface area contributed by atoms with E-state index in [9.17, 15) is 4.39 Å². The number of hydrogen-bond donors (Lipinski definition) is 2. The lowest BCUT2D eigenvalue weighted by Crippen LogP contribution is -2.36. The summed E-state index contributed by atoms with van der Waals surface area (Å²) in [6.07, 6.45) is 2.29. The number of ether oxygens (including phenoxy) is 1. The highest BCUT2D eigenvalue weighted by Crippen LogP contribution is 2.44. The van der Waals surface area contributed by atoms with Crippen molar-refractivity contribution < 1.29 is 13.5 Å². The number of fused-ring (bicyclic) bond motifs is 4. The Hall–Kier alpha value is -3.26. The zero-order chi connectivity index (χ0) is 21.9. The van der Waals surface area contributed by atoms with Crippen molar-refractivity contribution in [2.24, 2.45) is 0 Å². The Kier molecular flexibility index (Phi) is 4.37. The van der Waals surface area contributed by atoms with Crippen molar-refractivity contribution in [2.45, 2.75) is 32.7 Å². The molecule has 0 saturated heterocycles. The SMILES string of the molecule is COCCc1nnc2n1-c1c(cc(F)c(-c3cc(F)cc4cc[nH]c34)c1C)NC2(C)C. The molecule has 4 aromatic rings. The van der Waals surface area contributed by atoms with Crippen LogP contribution in [0.2, 0.25) is 0 Å². The molecule has 0 unspecified atom stereocenters. The molecule has 5 rings (SSSR count). The van der Waals surface area contributed by atoms with Crippen molar-refractivity contribution in [1.29, 1.82) is 0 Å². The second-order valence-corrected chi connectivity index (χ2v) is 8.42. The van der Waals surface area contributed by atoms with E-state index in [4.69, 9.17) is 4.74 Å². The number of aromatic amines is 1. The van der Waals surface area contributed by atoms with Gasteiger partial charge in [0.15, 0.2) is 5.82 Å². The number of benzene rings is 2. The van der Waals surface area contributed by atoms with E-state index in [1.807, 2.05) is 25.3 Å². The minimum atomic E-state index is -0.544. The van der Waals surface area contributed by atoms with Gasteiger partial charge >= 0.3 is 0 Å². The van der Waals surface area contributed by atoms with E-state index in [0.29, 0.717) is 46.3 Å². The summed E-state index contributed by atoms with van der Waals surface area (Å²) in [7, 11) is 1.64. The van der Waals surface area contributed by atoms with Crippen molar-refractivity contribution in [3.8, 4) is 16.8 Å². The fourth-order valence-corrected chi connectivity index (χ4v) is 4.52. The Morgan fingerprint density at radius 2 is 1.97 bits per heavy atom. The third-order valence-electron chi connectivity index (χ3n) is 5.88. The Bertz CT molecular complexity index is 1320. The first-order chi connectivity index (χ1) is 14.8. The zero-order valence-electron chi connectivity index (χ0n) is 17.8. The monoisotopic (exact) mass is 423 g/mol. The van der Waals surface area contributed by atoms with E-state index in [-0.39, 0.29) is 0 Å². The molecule has 3 heterocycles. The molecular weight excluding hydrogens is 400 g/mol. The van der Waals surface area contributed by atoms with Crippen LogP contribution >= 0.6 is 0 Å². The van der Waals surface area contributed by atoms with Gasteiger partial charge in [-0.25, -0.2) is 8.78 Å². The summed E-state index contributed by atoms with van der Waals surface area (Å²) in [4.78, 5) is 3.12. The molecule has 1 aliphatic heterocycles. The summed E-state index contributed by atoms with van der Waals surface area (Å²) in [5.41, 5.74) is 3.08. The van der Waals surface area contributed by atoms with Crippen molar-refractivity contribution >= 4 is 16.6 Å². The lowest BCUT2D eigenvalue weighted by molar-refractivity contribution is 0.200. The molecule has 0 spiro atoms. The van der Waals surface area contributed by atoms with E-state index in [0.717, 1.165) is 17.3 Å². The number of aromatic nitrogens is 4. The smallest absolute Gasteiger partial charge is 0.162 e. The molecule has 8 heteroatoms. The summed E-state index contributed by atoms with van der Waals surface area (Å²) >= 11 is 0. The maximum absolute atomic E-state index is 15.5. The molecule has 0 fully saturated rings. The Morgan fingerprint density at radius 1 is 1.16 bits per heavy atom. The van der Waals surface area contributed by atoms with Gasteiger partial charge in [-0.1, -0.05) is 0 Å². The first kappa shape index (κ1) is 19.7. The van der Waals surface area contributed by atoms with Crippen LogP contribution in [0.5, 0.6) is 0 Å². The molecule has 0 radical (unpaired) electrons. The minimum absolute atomic E-state index is 0.351. The van der Waals surface area contributed by atoms with Gasteiger partial charge in [-0.15, -0.1) is 10.2 Å². The largest absolute Gasteiger partial charge is 0.384 e. The Morgan fingerprint density at radius 3 is 2.74 bits per heavy atom. The molecule has 0 bridgehead atoms. The maximum atomic E-state index is 15.5. The van der Waals surface area contributed by atoms with Gasteiger partial charge in [0, 0.05) is 36.2 Å². The molecule has 160 valence electrons. The van der Waals surface area contributed by atoms with Crippen LogP contribution in [0.15, 0.2) is 30.5 Å². The molecule has 31 heavy (non-hydrogen) atoms. The molecule has 1 aliphatic rings. The van der Waals surface area contributed by atoms with Gasteiger partial charge in [0.05, 0.1) is 29.0 Å². The molecule has 2 aromatic carbocycles. The summed E-state index contributed by atoms with van der Waals surface area (Å²) in [6, 6.07) is 6.06. The van der Waals surface area contributed by atoms with Crippen LogP contribution in [-0.4, -0.2) is 33.5 Å². The van der Waals surface area contributed by atoms with Crippen LogP contribution in [0.3, 0.4) is 0 Å². The van der Waals surface area contributed by atoms with Crippen LogP contribution in [-0.2, 0) is 16.7 Å². The first-order valence-corrected chi connectivity index (χ1v) is 10.1. The second-order valence-electron chi connectivity index (χ2n) is 8.42. The van der Waals surface area contributed by atoms with Gasteiger partial charge in [-0.3, -0.25) is 4.57 Å². The highest BCUT2D eigenvalue weighted by atomic mass is 19.1. The van der Waals surface area contributed by atoms with Gasteiger partial charge in [0.25, 0.3) is 0 Å². The van der Waals surface area contributed by atoms with Crippen LogP contribution in [0.4, 0.5) is 14.5 Å². The summed E-state index contributed by atoms with van der Waals surface area (Å²) in [5.74, 6) is 0.633. The number of rotatable bonds is 4. The highest BCUT2D eigenvalue weighted by molar-refractivity contribution is 5.96. The molecule has 6 nitrogen and oxygen atoms in total. The molecule has 0 atom stereocenters. The van der Waals surface area contributed by atoms with E-state index in [1.165, 1.54) is 18.2 Å². The van der Waals surface area contributed by atoms with E-state index in [2.05, 4.69) is 20.5 Å². The average molecular weight is 423 g/mol. The lowest BCUT2D eigenvalue weighted by atomic mass is 9.92. The number of hydrogen-bond acceptors (Lipinski definition) is 4. The van der Waals surface area contributed by atoms with Crippen molar-refractivity contribution in [2.75, 3.05) is 19.0 Å². The normalized spacial score (nSPS) is 14.4. The second kappa shape index (κ2) is 6.88. The predicted octanol–water partition coefficient (Wildman–Crippen LogP) is 4.85. The standard InChI is InChI=1S/C23H23F2N5O/c1-12-19(15-10-14(24)9-13-5-7-26-20(13)15)16(25)11-17-21(12)30-18(6-8-31-4)28-29-22(30)23(2,3)27-17/h5,7,9-11,26-27H,6,8H2,1-4H3. The fourth-order valence-electron chi connectivity index (χ4n) is 4.52. The number of methoxy groups -OCH3 is 1. The number of nitrogens with one attached hydrogen (secondary N) is 2. The van der Waals surface area contributed by atoms with Gasteiger partial charge < -0.3 is 15.0 Å². The van der Waals surface area contributed by atoms with Crippen LogP contribution in [0, 0.1) is 18.6 Å². The van der Waals surface area contributed by atoms with E-state index in [1.54, 1.807) is 19.4 Å². The third-order valence-corrected chi connectivity index (χ3v) is 5.88. The van der Waals surface area contributed by atoms with E-state index >= 15 is 4.39 Å². The average Bonchev–Trinajstić information content (AvgIpc) is 3.33. The number of anilines is 1. The van der Waals surface area contributed by atoms with Crippen LogP contribution in [0.25, 0.3) is 27.7 Å². The minimum Gasteiger partial charge on any atom is -0.384 e. The van der Waals surface area contributed by atoms with Crippen molar-refractivity contribution in [1.82, 2.24) is 19.7 Å². The third kappa shape index (κ3) is 2.93. The van der Waals surface area contributed by atoms with Gasteiger partial charge in [-0.2, -0.15) is 0 Å². The summed E-state index contributed by atoms with van der Waals surface area (Å²) in [6.45, 7) is 6.29. The molecule has 2 aromatic heterocycles. The van der Waals surface area contributed by atoms with Crippen molar-refractivity contribution in [3.63, 3.8) is 0 Å². The first-order valence-electron chi connectivity index (χ1n) is 10.1. The number of halogens is 2. The van der Waals surface area contributed by atoms with Crippen LogP contribution in [0.1, 0.15) is 31.1 Å². The highest BCUT2D eigenvalue weighted by Gasteiger charge is 2.37. The molecule has 0 aliphatic carbocycles. The maximum Gasteiger partial charge on any atom is 0.162 e. The van der Waals surface area contributed by atoms with Gasteiger partial charge in [-0.05, 0) is 50.6 Å². The zero-order valence-corrected chi connectivity index (χ0v) is 17.8. The van der Waals surface area contributed by atoms with Crippen LogP contribution < -0.4 is 5.32 Å². The molecule has 0 amide bonds. The number of nitrogens with zero attached hydrogens (tertiary/aromatic N) is 3. The van der Waals surface area contributed by atoms with Gasteiger partial charge in [0.1, 0.15) is 17.5 Å². The molecule has 2 N–H and O–H groups in total. The Labute approximate surface area is 178 Å². The lowest BCUT2D eigenvalue weighted by Gasteiger charge is -2.35. The van der Waals surface area contributed by atoms with E-state index < -0.39 is 17.2 Å². The number of H-pyrrole nitrogens is 1. The predicted molar refractivity (Wildman–Crippen MR) is 116 cm³/mol. The quantitative estimate of drug-likeness (QED) is 0.492. The molecule has 0 saturated carbocycles.